The van der Waals surface area contributed by atoms with Crippen LogP contribution in [0.1, 0.15) is 5.56 Å². The molecule has 2 heterocycles. The van der Waals surface area contributed by atoms with Gasteiger partial charge in [-0.05, 0) is 25.7 Å². The summed E-state index contributed by atoms with van der Waals surface area (Å²) < 4.78 is 5.82. The summed E-state index contributed by atoms with van der Waals surface area (Å²) in [5.74, 6) is 0. The fraction of sp³-hybridized carbons (Fsp3) is 0.533. The first-order valence-corrected chi connectivity index (χ1v) is 7.11. The van der Waals surface area contributed by atoms with Gasteiger partial charge < -0.3 is 9.64 Å². The molecule has 5 heteroatoms. The van der Waals surface area contributed by atoms with Crippen LogP contribution in [0.3, 0.4) is 0 Å². The van der Waals surface area contributed by atoms with E-state index in [-0.39, 0.29) is 0 Å². The first-order valence-electron chi connectivity index (χ1n) is 7.11. The molecule has 0 spiro atoms. The fourth-order valence-electron chi connectivity index (χ4n) is 2.78. The second kappa shape index (κ2) is 5.91. The maximum Gasteiger partial charge on any atom is 0.0829 e. The quantitative estimate of drug-likeness (QED) is 0.913. The Labute approximate surface area is 119 Å². The number of likely N-dealkylation sites (N-methyl/N-ethyl adjacent to an activating group) is 1. The summed E-state index contributed by atoms with van der Waals surface area (Å²) in [4.78, 5) is 4.65. The third-order valence-corrected chi connectivity index (χ3v) is 3.70. The number of H-pyrrole nitrogens is 1. The Morgan fingerprint density at radius 3 is 3.20 bits per heavy atom. The highest BCUT2D eigenvalue weighted by Crippen LogP contribution is 2.16. The molecule has 1 unspecified atom stereocenters. The lowest BCUT2D eigenvalue weighted by Gasteiger charge is -2.34. The number of morpholine rings is 1. The third-order valence-electron chi connectivity index (χ3n) is 3.70. The lowest BCUT2D eigenvalue weighted by atomic mass is 10.1. The van der Waals surface area contributed by atoms with Gasteiger partial charge in [0.25, 0.3) is 0 Å². The lowest BCUT2D eigenvalue weighted by Crippen LogP contribution is -2.45. The maximum absolute atomic E-state index is 5.82. The number of fused-ring (bicyclic) bond motifs is 1. The fourth-order valence-corrected chi connectivity index (χ4v) is 2.78. The molecule has 5 nitrogen and oxygen atoms in total. The van der Waals surface area contributed by atoms with E-state index in [2.05, 4.69) is 52.3 Å². The summed E-state index contributed by atoms with van der Waals surface area (Å²) in [5.41, 5.74) is 2.44. The van der Waals surface area contributed by atoms with Crippen LogP contribution in [0, 0.1) is 0 Å². The summed E-state index contributed by atoms with van der Waals surface area (Å²) in [5, 5.41) is 8.27. The second-order valence-corrected chi connectivity index (χ2v) is 5.78. The Balaban J connectivity index is 1.64. The van der Waals surface area contributed by atoms with Gasteiger partial charge >= 0.3 is 0 Å². The van der Waals surface area contributed by atoms with Crippen LogP contribution in [0.2, 0.25) is 0 Å². The van der Waals surface area contributed by atoms with E-state index in [1.165, 1.54) is 10.9 Å². The van der Waals surface area contributed by atoms with Crippen molar-refractivity contribution in [1.82, 2.24) is 20.0 Å². The number of rotatable bonds is 4. The van der Waals surface area contributed by atoms with E-state index in [1.54, 1.807) is 0 Å². The highest BCUT2D eigenvalue weighted by Gasteiger charge is 2.20. The molecule has 1 aliphatic rings. The van der Waals surface area contributed by atoms with Crippen molar-refractivity contribution < 1.29 is 4.74 Å². The highest BCUT2D eigenvalue weighted by atomic mass is 16.5. The van der Waals surface area contributed by atoms with Crippen molar-refractivity contribution in [1.29, 1.82) is 0 Å². The van der Waals surface area contributed by atoms with E-state index in [9.17, 15) is 0 Å². The summed E-state index contributed by atoms with van der Waals surface area (Å²) in [6.07, 6.45) is 2.18. The van der Waals surface area contributed by atoms with Gasteiger partial charge in [-0.15, -0.1) is 0 Å². The van der Waals surface area contributed by atoms with Crippen molar-refractivity contribution >= 4 is 10.9 Å². The normalized spacial score (nSPS) is 20.9. The van der Waals surface area contributed by atoms with E-state index >= 15 is 0 Å². The molecule has 0 radical (unpaired) electrons. The molecule has 1 aliphatic heterocycles. The molecule has 20 heavy (non-hydrogen) atoms. The molecule has 108 valence electrons. The number of hydrogen-bond donors (Lipinski definition) is 1. The van der Waals surface area contributed by atoms with Crippen LogP contribution in [-0.2, 0) is 11.3 Å². The molecule has 1 aromatic carbocycles. The molecular formula is C15H22N4O. The van der Waals surface area contributed by atoms with Gasteiger partial charge in [0.05, 0.1) is 24.4 Å². The molecule has 0 bridgehead atoms. The van der Waals surface area contributed by atoms with Gasteiger partial charge in [-0.2, -0.15) is 5.10 Å². The van der Waals surface area contributed by atoms with E-state index in [0.717, 1.165) is 38.3 Å². The molecule has 2 aromatic rings. The SMILES string of the molecule is CN(C)CC1CN(Cc2ccc3cn[nH]c3c2)CCO1. The average Bonchev–Trinajstić information content (AvgIpc) is 2.85. The van der Waals surface area contributed by atoms with Crippen LogP contribution >= 0.6 is 0 Å². The van der Waals surface area contributed by atoms with E-state index in [0.29, 0.717) is 6.10 Å². The monoisotopic (exact) mass is 274 g/mol. The van der Waals surface area contributed by atoms with Crippen LogP contribution in [-0.4, -0.2) is 66.4 Å². The Kier molecular flexibility index (Phi) is 4.00. The Morgan fingerprint density at radius 1 is 1.45 bits per heavy atom. The zero-order valence-electron chi connectivity index (χ0n) is 12.2. The van der Waals surface area contributed by atoms with Crippen LogP contribution in [0.15, 0.2) is 24.4 Å². The number of nitrogens with one attached hydrogen (secondary N) is 1. The lowest BCUT2D eigenvalue weighted by molar-refractivity contribution is -0.0406. The van der Waals surface area contributed by atoms with Gasteiger partial charge in [-0.3, -0.25) is 10.00 Å². The van der Waals surface area contributed by atoms with Gasteiger partial charge in [0.2, 0.25) is 0 Å². The molecule has 1 aromatic heterocycles. The number of aromatic nitrogens is 2. The van der Waals surface area contributed by atoms with Gasteiger partial charge in [0, 0.05) is 31.6 Å². The van der Waals surface area contributed by atoms with Crippen LogP contribution in [0.5, 0.6) is 0 Å². The van der Waals surface area contributed by atoms with Crippen molar-refractivity contribution in [3.05, 3.63) is 30.0 Å². The highest BCUT2D eigenvalue weighted by molar-refractivity contribution is 5.78. The summed E-state index contributed by atoms with van der Waals surface area (Å²) in [6.45, 7) is 4.78. The van der Waals surface area contributed by atoms with Crippen molar-refractivity contribution in [2.75, 3.05) is 40.3 Å². The molecule has 0 amide bonds. The van der Waals surface area contributed by atoms with Crippen molar-refractivity contribution in [3.8, 4) is 0 Å². The number of ether oxygens (including phenoxy) is 1. The van der Waals surface area contributed by atoms with Crippen molar-refractivity contribution in [2.45, 2.75) is 12.6 Å². The minimum Gasteiger partial charge on any atom is -0.374 e. The molecule has 1 saturated heterocycles. The summed E-state index contributed by atoms with van der Waals surface area (Å²) in [7, 11) is 4.18. The Bertz CT molecular complexity index is 566. The van der Waals surface area contributed by atoms with E-state index in [1.807, 2.05) is 6.20 Å². The molecular weight excluding hydrogens is 252 g/mol. The van der Waals surface area contributed by atoms with Gasteiger partial charge in [0.1, 0.15) is 0 Å². The summed E-state index contributed by atoms with van der Waals surface area (Å²) in [6, 6.07) is 6.51. The van der Waals surface area contributed by atoms with Gasteiger partial charge in [-0.1, -0.05) is 12.1 Å². The Hall–Kier alpha value is -1.43. The standard InChI is InChI=1S/C15H22N4O/c1-18(2)10-14-11-19(5-6-20-14)9-12-3-4-13-8-16-17-15(13)7-12/h3-4,7-8,14H,5-6,9-11H2,1-2H3,(H,16,17). The molecule has 1 N–H and O–H groups in total. The predicted molar refractivity (Wildman–Crippen MR) is 79.7 cm³/mol. The Morgan fingerprint density at radius 2 is 2.35 bits per heavy atom. The minimum absolute atomic E-state index is 0.314. The van der Waals surface area contributed by atoms with Crippen LogP contribution < -0.4 is 0 Å². The van der Waals surface area contributed by atoms with Crippen LogP contribution in [0.25, 0.3) is 10.9 Å². The van der Waals surface area contributed by atoms with Gasteiger partial charge in [-0.25, -0.2) is 0 Å². The molecule has 0 saturated carbocycles. The van der Waals surface area contributed by atoms with Crippen molar-refractivity contribution in [3.63, 3.8) is 0 Å². The van der Waals surface area contributed by atoms with Crippen molar-refractivity contribution in [2.24, 2.45) is 0 Å². The predicted octanol–water partition coefficient (Wildman–Crippen LogP) is 1.33. The molecule has 1 atom stereocenters. The number of nitrogens with zero attached hydrogens (tertiary/aromatic N) is 3. The minimum atomic E-state index is 0.314. The number of hydrogen-bond acceptors (Lipinski definition) is 4. The third kappa shape index (κ3) is 3.17. The number of benzene rings is 1. The first kappa shape index (κ1) is 13.5. The zero-order valence-corrected chi connectivity index (χ0v) is 12.2. The second-order valence-electron chi connectivity index (χ2n) is 5.78. The largest absolute Gasteiger partial charge is 0.374 e. The first-order chi connectivity index (χ1) is 9.70. The van der Waals surface area contributed by atoms with E-state index < -0.39 is 0 Å². The smallest absolute Gasteiger partial charge is 0.0829 e. The zero-order chi connectivity index (χ0) is 13.9. The molecule has 3 rings (SSSR count). The topological polar surface area (TPSA) is 44.4 Å². The van der Waals surface area contributed by atoms with E-state index in [4.69, 9.17) is 4.74 Å². The number of aromatic amines is 1. The van der Waals surface area contributed by atoms with Gasteiger partial charge in [0.15, 0.2) is 0 Å². The van der Waals surface area contributed by atoms with Crippen LogP contribution in [0.4, 0.5) is 0 Å². The molecule has 0 aliphatic carbocycles. The molecule has 1 fully saturated rings. The maximum atomic E-state index is 5.82. The average molecular weight is 274 g/mol. The summed E-state index contributed by atoms with van der Waals surface area (Å²) >= 11 is 0.